The third-order valence-corrected chi connectivity index (χ3v) is 6.24. The van der Waals surface area contributed by atoms with Gasteiger partial charge in [-0.3, -0.25) is 4.79 Å². The lowest BCUT2D eigenvalue weighted by Gasteiger charge is -2.25. The molecule has 5 rings (SSSR count). The second kappa shape index (κ2) is 8.76. The van der Waals surface area contributed by atoms with Gasteiger partial charge in [0.1, 0.15) is 12.1 Å². The lowest BCUT2D eigenvalue weighted by molar-refractivity contribution is -0.128. The summed E-state index contributed by atoms with van der Waals surface area (Å²) in [6.45, 7) is 2.86. The van der Waals surface area contributed by atoms with E-state index in [2.05, 4.69) is 26.3 Å². The average molecular weight is 444 g/mol. The minimum absolute atomic E-state index is 0.0839. The number of nitrogens with zero attached hydrogens (tertiary/aromatic N) is 4. The first kappa shape index (κ1) is 20.1. The molecule has 1 amide bonds. The quantitative estimate of drug-likeness (QED) is 0.453. The zero-order chi connectivity index (χ0) is 21.9. The largest absolute Gasteiger partial charge is 0.438 e. The van der Waals surface area contributed by atoms with Gasteiger partial charge in [0.25, 0.3) is 0 Å². The van der Waals surface area contributed by atoms with Crippen molar-refractivity contribution in [3.63, 3.8) is 0 Å². The molecule has 8 heteroatoms. The number of anilines is 2. The van der Waals surface area contributed by atoms with Gasteiger partial charge in [0, 0.05) is 31.9 Å². The number of ether oxygens (including phenoxy) is 1. The van der Waals surface area contributed by atoms with Crippen molar-refractivity contribution in [2.45, 2.75) is 13.3 Å². The molecule has 3 heterocycles. The van der Waals surface area contributed by atoms with Crippen molar-refractivity contribution >= 4 is 43.9 Å². The summed E-state index contributed by atoms with van der Waals surface area (Å²) in [4.78, 5) is 26.5. The summed E-state index contributed by atoms with van der Waals surface area (Å²) in [5, 5.41) is 4.19. The summed E-state index contributed by atoms with van der Waals surface area (Å²) in [6, 6.07) is 15.8. The molecular weight excluding hydrogens is 422 g/mol. The third-order valence-electron chi connectivity index (χ3n) is 5.29. The number of aromatic nitrogens is 3. The number of para-hydroxylation sites is 1. The lowest BCUT2D eigenvalue weighted by Crippen LogP contribution is -2.32. The van der Waals surface area contributed by atoms with Crippen LogP contribution in [0.5, 0.6) is 11.6 Å². The van der Waals surface area contributed by atoms with Gasteiger partial charge < -0.3 is 15.0 Å². The average Bonchev–Trinajstić information content (AvgIpc) is 3.23. The number of benzene rings is 2. The maximum atomic E-state index is 11.6. The van der Waals surface area contributed by atoms with E-state index in [-0.39, 0.29) is 5.91 Å². The molecule has 7 nitrogen and oxygen atoms in total. The fraction of sp³-hybridized carbons (Fsp3) is 0.167. The molecule has 0 spiro atoms. The van der Waals surface area contributed by atoms with E-state index in [4.69, 9.17) is 4.74 Å². The predicted octanol–water partition coefficient (Wildman–Crippen LogP) is 5.26. The molecule has 2 aromatic carbocycles. The number of carbonyl (C=O) groups excluding carboxylic acids is 1. The Kier molecular flexibility index (Phi) is 5.51. The van der Waals surface area contributed by atoms with Crippen LogP contribution < -0.4 is 10.1 Å². The van der Waals surface area contributed by atoms with Crippen LogP contribution in [-0.4, -0.2) is 38.8 Å². The molecule has 0 atom stereocenters. The second-order valence-electron chi connectivity index (χ2n) is 7.42. The summed E-state index contributed by atoms with van der Waals surface area (Å²) in [6.07, 6.45) is 6.03. The van der Waals surface area contributed by atoms with E-state index in [1.165, 1.54) is 6.33 Å². The summed E-state index contributed by atoms with van der Waals surface area (Å²) in [7, 11) is 0. The van der Waals surface area contributed by atoms with Crippen LogP contribution in [0.1, 0.15) is 18.9 Å². The van der Waals surface area contributed by atoms with Gasteiger partial charge >= 0.3 is 0 Å². The van der Waals surface area contributed by atoms with E-state index in [1.54, 1.807) is 24.5 Å². The van der Waals surface area contributed by atoms with Gasteiger partial charge in [-0.05, 0) is 48.4 Å². The van der Waals surface area contributed by atoms with E-state index < -0.39 is 0 Å². The number of nitrogens with one attached hydrogen (secondary N) is 1. The maximum absolute atomic E-state index is 11.6. The first-order valence-electron chi connectivity index (χ1n) is 10.3. The molecule has 1 N–H and O–H groups in total. The van der Waals surface area contributed by atoms with Gasteiger partial charge in [0.2, 0.25) is 11.8 Å². The van der Waals surface area contributed by atoms with E-state index in [0.717, 1.165) is 38.6 Å². The molecule has 0 fully saturated rings. The van der Waals surface area contributed by atoms with Crippen molar-refractivity contribution in [2.24, 2.45) is 0 Å². The highest BCUT2D eigenvalue weighted by atomic mass is 32.1. The van der Waals surface area contributed by atoms with Gasteiger partial charge in [-0.2, -0.15) is 0 Å². The van der Waals surface area contributed by atoms with Crippen molar-refractivity contribution in [3.05, 3.63) is 72.7 Å². The Hall–Kier alpha value is -3.78. The molecule has 0 aliphatic carbocycles. The number of carbonyl (C=O) groups is 1. The fourth-order valence-electron chi connectivity index (χ4n) is 3.59. The molecule has 0 bridgehead atoms. The fourth-order valence-corrected chi connectivity index (χ4v) is 4.47. The molecule has 1 aliphatic heterocycles. The van der Waals surface area contributed by atoms with Crippen LogP contribution in [0.3, 0.4) is 0 Å². The van der Waals surface area contributed by atoms with E-state index in [1.807, 2.05) is 53.4 Å². The van der Waals surface area contributed by atoms with Crippen LogP contribution in [0, 0.1) is 0 Å². The highest BCUT2D eigenvalue weighted by Crippen LogP contribution is 2.32. The maximum Gasteiger partial charge on any atom is 0.229 e. The normalized spacial score (nSPS) is 13.7. The molecule has 0 saturated heterocycles. The van der Waals surface area contributed by atoms with Gasteiger partial charge in [-0.15, -0.1) is 0 Å². The van der Waals surface area contributed by atoms with Crippen LogP contribution in [0.4, 0.5) is 10.8 Å². The van der Waals surface area contributed by atoms with Crippen LogP contribution >= 0.6 is 11.3 Å². The molecule has 0 unspecified atom stereocenters. The number of hydrogen-bond acceptors (Lipinski definition) is 7. The Morgan fingerprint density at radius 3 is 2.75 bits per heavy atom. The lowest BCUT2D eigenvalue weighted by atomic mass is 10.0. The van der Waals surface area contributed by atoms with Crippen molar-refractivity contribution < 1.29 is 9.53 Å². The zero-order valence-electron chi connectivity index (χ0n) is 17.5. The van der Waals surface area contributed by atoms with Crippen molar-refractivity contribution in [2.75, 3.05) is 18.4 Å². The van der Waals surface area contributed by atoms with Crippen molar-refractivity contribution in [1.82, 2.24) is 19.9 Å². The predicted molar refractivity (Wildman–Crippen MR) is 126 cm³/mol. The van der Waals surface area contributed by atoms with E-state index in [9.17, 15) is 4.79 Å². The molecule has 0 saturated carbocycles. The van der Waals surface area contributed by atoms with Gasteiger partial charge in [-0.25, -0.2) is 15.0 Å². The van der Waals surface area contributed by atoms with Crippen LogP contribution in [0.15, 0.2) is 67.1 Å². The minimum Gasteiger partial charge on any atom is -0.438 e. The molecule has 160 valence electrons. The Balaban J connectivity index is 1.30. The standard InChI is InChI=1S/C24H21N5O2S/c1-16(30)29-12-10-17(11-13-29)20-14-25-15-26-23(20)31-19-8-6-18(7-9-19)27-24-28-21-4-2-3-5-22(21)32-24/h2-10,14-15H,11-13H2,1H3,(H,27,28). The van der Waals surface area contributed by atoms with Gasteiger partial charge in [0.15, 0.2) is 5.13 Å². The molecular formula is C24H21N5O2S. The Morgan fingerprint density at radius 2 is 2.00 bits per heavy atom. The Morgan fingerprint density at radius 1 is 1.16 bits per heavy atom. The minimum atomic E-state index is 0.0839. The van der Waals surface area contributed by atoms with Crippen LogP contribution in [0.2, 0.25) is 0 Å². The van der Waals surface area contributed by atoms with Gasteiger partial charge in [0.05, 0.1) is 15.8 Å². The molecule has 4 aromatic rings. The monoisotopic (exact) mass is 443 g/mol. The SMILES string of the molecule is CC(=O)N1CC=C(c2cncnc2Oc2ccc(Nc3nc4ccccc4s3)cc2)CC1. The molecule has 0 radical (unpaired) electrons. The number of hydrogen-bond donors (Lipinski definition) is 1. The summed E-state index contributed by atoms with van der Waals surface area (Å²) >= 11 is 1.62. The molecule has 1 aliphatic rings. The van der Waals surface area contributed by atoms with E-state index >= 15 is 0 Å². The summed E-state index contributed by atoms with van der Waals surface area (Å²) in [5.41, 5.74) is 3.86. The number of fused-ring (bicyclic) bond motifs is 1. The number of thiazole rings is 1. The van der Waals surface area contributed by atoms with Crippen molar-refractivity contribution in [1.29, 1.82) is 0 Å². The third kappa shape index (κ3) is 4.31. The highest BCUT2D eigenvalue weighted by Gasteiger charge is 2.18. The summed E-state index contributed by atoms with van der Waals surface area (Å²) in [5.74, 6) is 1.27. The topological polar surface area (TPSA) is 80.2 Å². The van der Waals surface area contributed by atoms with E-state index in [0.29, 0.717) is 24.7 Å². The smallest absolute Gasteiger partial charge is 0.229 e. The number of rotatable bonds is 5. The Labute approximate surface area is 189 Å². The van der Waals surface area contributed by atoms with Crippen LogP contribution in [0.25, 0.3) is 15.8 Å². The second-order valence-corrected chi connectivity index (χ2v) is 8.45. The summed E-state index contributed by atoms with van der Waals surface area (Å²) < 4.78 is 7.22. The van der Waals surface area contributed by atoms with Crippen molar-refractivity contribution in [3.8, 4) is 11.6 Å². The first-order valence-corrected chi connectivity index (χ1v) is 11.1. The Bertz CT molecular complexity index is 1270. The first-order chi connectivity index (χ1) is 15.7. The molecule has 32 heavy (non-hydrogen) atoms. The number of amides is 1. The van der Waals surface area contributed by atoms with Gasteiger partial charge in [-0.1, -0.05) is 29.5 Å². The zero-order valence-corrected chi connectivity index (χ0v) is 18.3. The molecule has 2 aromatic heterocycles. The van der Waals surface area contributed by atoms with Crippen LogP contribution in [-0.2, 0) is 4.79 Å². The highest BCUT2D eigenvalue weighted by molar-refractivity contribution is 7.22.